The molecule has 2 aromatic rings. The molecule has 0 unspecified atom stereocenters. The second-order valence-corrected chi connectivity index (χ2v) is 5.76. The molecule has 0 atom stereocenters. The number of carbonyl (C=O) groups excluding carboxylic acids is 1. The topological polar surface area (TPSA) is 80.1 Å². The van der Waals surface area contributed by atoms with Gasteiger partial charge in [-0.25, -0.2) is 4.98 Å². The quantitative estimate of drug-likeness (QED) is 0.934. The highest BCUT2D eigenvalue weighted by molar-refractivity contribution is 5.78. The molecule has 23 heavy (non-hydrogen) atoms. The van der Waals surface area contributed by atoms with E-state index in [1.54, 1.807) is 26.1 Å². The number of hydrogen-bond acceptors (Lipinski definition) is 4. The van der Waals surface area contributed by atoms with E-state index < -0.39 is 0 Å². The summed E-state index contributed by atoms with van der Waals surface area (Å²) in [7, 11) is 0. The lowest BCUT2D eigenvalue weighted by molar-refractivity contribution is 0.0897. The van der Waals surface area contributed by atoms with Crippen LogP contribution in [0.15, 0.2) is 34.2 Å². The van der Waals surface area contributed by atoms with Crippen molar-refractivity contribution in [1.82, 2.24) is 14.5 Å². The minimum Gasteiger partial charge on any atom is -0.311 e. The number of hydrogen-bond donors (Lipinski definition) is 1. The fourth-order valence-corrected chi connectivity index (χ4v) is 2.41. The van der Waals surface area contributed by atoms with E-state index >= 15 is 0 Å². The number of nitrogens with one attached hydrogen (secondary N) is 1. The van der Waals surface area contributed by atoms with Crippen molar-refractivity contribution in [3.05, 3.63) is 57.3 Å². The second-order valence-electron chi connectivity index (χ2n) is 5.76. The highest BCUT2D eigenvalue weighted by atomic mass is 16.2. The average molecular weight is 314 g/mol. The molecule has 6 nitrogen and oxygen atoms in total. The number of H-pyrrole nitrogens is 1. The first-order valence-corrected chi connectivity index (χ1v) is 7.69. The summed E-state index contributed by atoms with van der Waals surface area (Å²) in [4.78, 5) is 35.8. The normalized spacial score (nSPS) is 12.0. The fraction of sp³-hybridized carbons (Fsp3) is 0.412. The van der Waals surface area contributed by atoms with Crippen molar-refractivity contribution in [2.75, 3.05) is 0 Å². The summed E-state index contributed by atoms with van der Waals surface area (Å²) in [5, 5.41) is 0. The monoisotopic (exact) mass is 314 g/mol. The van der Waals surface area contributed by atoms with Crippen molar-refractivity contribution >= 4 is 5.91 Å². The highest BCUT2D eigenvalue weighted by Gasteiger charge is 2.11. The van der Waals surface area contributed by atoms with Crippen molar-refractivity contribution in [1.29, 1.82) is 0 Å². The maximum atomic E-state index is 12.5. The van der Waals surface area contributed by atoms with Crippen molar-refractivity contribution in [3.63, 3.8) is 0 Å². The van der Waals surface area contributed by atoms with Crippen LogP contribution in [0.2, 0.25) is 0 Å². The lowest BCUT2D eigenvalue weighted by Crippen LogP contribution is -2.28. The van der Waals surface area contributed by atoms with Crippen LogP contribution in [0, 0.1) is 13.8 Å². The molecule has 0 saturated carbocycles. The fourth-order valence-electron chi connectivity index (χ4n) is 2.41. The second kappa shape index (κ2) is 7.17. The molecule has 122 valence electrons. The van der Waals surface area contributed by atoms with Crippen LogP contribution in [0.5, 0.6) is 0 Å². The first kappa shape index (κ1) is 16.9. The Morgan fingerprint density at radius 3 is 2.74 bits per heavy atom. The largest absolute Gasteiger partial charge is 0.311 e. The predicted molar refractivity (Wildman–Crippen MR) is 88.4 cm³/mol. The first-order chi connectivity index (χ1) is 10.9. The molecule has 0 bridgehead atoms. The van der Waals surface area contributed by atoms with Crippen LogP contribution >= 0.6 is 0 Å². The average Bonchev–Trinajstić information content (AvgIpc) is 2.45. The van der Waals surface area contributed by atoms with Crippen LogP contribution < -0.4 is 11.0 Å². The van der Waals surface area contributed by atoms with Gasteiger partial charge in [0, 0.05) is 29.9 Å². The van der Waals surface area contributed by atoms with Gasteiger partial charge in [0.2, 0.25) is 5.91 Å². The molecule has 2 rings (SSSR count). The zero-order valence-electron chi connectivity index (χ0n) is 14.0. The Morgan fingerprint density at radius 1 is 1.35 bits per heavy atom. The number of aryl methyl sites for hydroxylation is 2. The van der Waals surface area contributed by atoms with Crippen molar-refractivity contribution in [2.24, 2.45) is 4.99 Å². The van der Waals surface area contributed by atoms with Crippen LogP contribution in [0.4, 0.5) is 0 Å². The summed E-state index contributed by atoms with van der Waals surface area (Å²) in [6.45, 7) is 7.45. The summed E-state index contributed by atoms with van der Waals surface area (Å²) < 4.78 is 1.53. The Morgan fingerprint density at radius 2 is 2.09 bits per heavy atom. The van der Waals surface area contributed by atoms with E-state index in [0.29, 0.717) is 29.0 Å². The molecule has 0 aliphatic rings. The Balaban J connectivity index is 2.24. The third-order valence-electron chi connectivity index (χ3n) is 3.43. The molecule has 0 amide bonds. The smallest absolute Gasteiger partial charge is 0.254 e. The molecule has 0 radical (unpaired) electrons. The van der Waals surface area contributed by atoms with Crippen LogP contribution in [0.1, 0.15) is 42.1 Å². The van der Waals surface area contributed by atoms with Gasteiger partial charge in [-0.3, -0.25) is 19.1 Å². The Labute approximate surface area is 134 Å². The number of nitrogens with zero attached hydrogens (tertiary/aromatic N) is 3. The third-order valence-corrected chi connectivity index (χ3v) is 3.43. The van der Waals surface area contributed by atoms with E-state index in [2.05, 4.69) is 15.0 Å². The van der Waals surface area contributed by atoms with Crippen molar-refractivity contribution in [3.8, 4) is 0 Å². The maximum Gasteiger partial charge on any atom is 0.254 e. The van der Waals surface area contributed by atoms with E-state index in [4.69, 9.17) is 0 Å². The Kier molecular flexibility index (Phi) is 5.26. The zero-order valence-corrected chi connectivity index (χ0v) is 14.0. The van der Waals surface area contributed by atoms with Crippen LogP contribution in [-0.4, -0.2) is 26.5 Å². The number of aromatic amines is 1. The lowest BCUT2D eigenvalue weighted by atomic mass is 10.1. The van der Waals surface area contributed by atoms with Gasteiger partial charge in [0.15, 0.2) is 0 Å². The van der Waals surface area contributed by atoms with E-state index in [-0.39, 0.29) is 23.9 Å². The first-order valence-electron chi connectivity index (χ1n) is 7.69. The molecule has 0 aromatic carbocycles. The Bertz CT molecular complexity index is 831. The van der Waals surface area contributed by atoms with Gasteiger partial charge >= 0.3 is 0 Å². The highest BCUT2D eigenvalue weighted by Crippen LogP contribution is 2.03. The minimum absolute atomic E-state index is 0.0932. The SMILES string of the molecule is Cc1nc(C)c(CCC(=O)n2ccccc2=NC(C)C)c(=O)[nH]1. The molecule has 0 spiro atoms. The summed E-state index contributed by atoms with van der Waals surface area (Å²) in [6.07, 6.45) is 2.29. The third kappa shape index (κ3) is 4.25. The molecule has 2 heterocycles. The van der Waals surface area contributed by atoms with Gasteiger partial charge in [-0.1, -0.05) is 6.07 Å². The zero-order chi connectivity index (χ0) is 17.0. The van der Waals surface area contributed by atoms with Gasteiger partial charge in [0.25, 0.3) is 5.56 Å². The summed E-state index contributed by atoms with van der Waals surface area (Å²) in [5.41, 5.74) is 1.68. The number of pyridine rings is 1. The molecule has 0 aliphatic heterocycles. The lowest BCUT2D eigenvalue weighted by Gasteiger charge is -2.08. The minimum atomic E-state index is -0.173. The van der Waals surface area contributed by atoms with E-state index in [1.165, 1.54) is 4.57 Å². The molecule has 1 N–H and O–H groups in total. The summed E-state index contributed by atoms with van der Waals surface area (Å²) in [5.74, 6) is 0.488. The van der Waals surface area contributed by atoms with E-state index in [9.17, 15) is 9.59 Å². The number of carbonyl (C=O) groups is 1. The molecular formula is C17H22N4O2. The van der Waals surface area contributed by atoms with Gasteiger partial charge in [-0.15, -0.1) is 0 Å². The van der Waals surface area contributed by atoms with Crippen LogP contribution in [0.25, 0.3) is 0 Å². The molecule has 0 saturated heterocycles. The van der Waals surface area contributed by atoms with Gasteiger partial charge in [0.05, 0.1) is 0 Å². The van der Waals surface area contributed by atoms with E-state index in [1.807, 2.05) is 26.0 Å². The van der Waals surface area contributed by atoms with Crippen LogP contribution in [0.3, 0.4) is 0 Å². The molecule has 0 fully saturated rings. The number of aromatic nitrogens is 3. The predicted octanol–water partition coefficient (Wildman–Crippen LogP) is 1.77. The molecule has 0 aliphatic carbocycles. The Hall–Kier alpha value is -2.50. The number of rotatable bonds is 4. The van der Waals surface area contributed by atoms with Crippen LogP contribution in [-0.2, 0) is 6.42 Å². The van der Waals surface area contributed by atoms with E-state index in [0.717, 1.165) is 0 Å². The maximum absolute atomic E-state index is 12.5. The molecule has 2 aromatic heterocycles. The van der Waals surface area contributed by atoms with Crippen molar-refractivity contribution < 1.29 is 4.79 Å². The van der Waals surface area contributed by atoms with Gasteiger partial charge in [-0.2, -0.15) is 0 Å². The molecular weight excluding hydrogens is 292 g/mol. The summed E-state index contributed by atoms with van der Waals surface area (Å²) >= 11 is 0. The van der Waals surface area contributed by atoms with Gasteiger partial charge in [0.1, 0.15) is 11.3 Å². The standard InChI is InChI=1S/C17H22N4O2/c1-11(2)18-15-7-5-6-10-21(15)16(22)9-8-14-12(3)19-13(4)20-17(14)23/h5-7,10-11H,8-9H2,1-4H3,(H,19,20,23). The molecule has 6 heteroatoms. The van der Waals surface area contributed by atoms with Gasteiger partial charge < -0.3 is 4.98 Å². The summed E-state index contributed by atoms with van der Waals surface area (Å²) in [6, 6.07) is 5.55. The van der Waals surface area contributed by atoms with Crippen molar-refractivity contribution in [2.45, 2.75) is 46.6 Å². The van der Waals surface area contributed by atoms with Gasteiger partial charge in [-0.05, 0) is 46.2 Å².